The van der Waals surface area contributed by atoms with E-state index in [1.165, 1.54) is 11.8 Å². The van der Waals surface area contributed by atoms with Crippen LogP contribution in [0.4, 0.5) is 4.79 Å². The monoisotopic (exact) mass is 343 g/mol. The van der Waals surface area contributed by atoms with E-state index >= 15 is 0 Å². The van der Waals surface area contributed by atoms with Gasteiger partial charge in [-0.3, -0.25) is 14.5 Å². The molecule has 2 N–H and O–H groups in total. The molecule has 0 unspecified atom stereocenters. The summed E-state index contributed by atoms with van der Waals surface area (Å²) in [5.41, 5.74) is -0.601. The van der Waals surface area contributed by atoms with Crippen molar-refractivity contribution in [2.75, 3.05) is 19.6 Å². The maximum absolute atomic E-state index is 12.2. The minimum atomic E-state index is -1.34. The smallest absolute Gasteiger partial charge is 0.328 e. The van der Waals surface area contributed by atoms with E-state index in [-0.39, 0.29) is 13.1 Å². The minimum absolute atomic E-state index is 0.0189. The van der Waals surface area contributed by atoms with Crippen LogP contribution >= 0.6 is 0 Å². The highest BCUT2D eigenvalue weighted by molar-refractivity contribution is 6.38. The highest BCUT2D eigenvalue weighted by Gasteiger charge is 2.38. The Hall–Kier alpha value is -2.16. The maximum Gasteiger partial charge on any atom is 0.328 e. The van der Waals surface area contributed by atoms with E-state index in [9.17, 15) is 24.3 Å². The van der Waals surface area contributed by atoms with Crippen molar-refractivity contribution < 1.29 is 29.0 Å². The van der Waals surface area contributed by atoms with Gasteiger partial charge in [-0.05, 0) is 34.6 Å². The molecule has 0 spiro atoms. The Morgan fingerprint density at radius 2 is 1.83 bits per heavy atom. The molecule has 1 aliphatic rings. The summed E-state index contributed by atoms with van der Waals surface area (Å²) in [4.78, 5) is 49.5. The fraction of sp³-hybridized carbons (Fsp3) is 0.733. The van der Waals surface area contributed by atoms with Crippen LogP contribution in [0.15, 0.2) is 0 Å². The van der Waals surface area contributed by atoms with Gasteiger partial charge in [0.1, 0.15) is 0 Å². The molecule has 0 aliphatic carbocycles. The number of amides is 4. The number of nitrogens with zero attached hydrogens (tertiary/aromatic N) is 2. The first-order valence-corrected chi connectivity index (χ1v) is 7.79. The lowest BCUT2D eigenvalue weighted by Gasteiger charge is -2.34. The van der Waals surface area contributed by atoms with Crippen molar-refractivity contribution in [1.29, 1.82) is 0 Å². The van der Waals surface area contributed by atoms with Crippen molar-refractivity contribution >= 4 is 23.8 Å². The van der Waals surface area contributed by atoms with Crippen LogP contribution in [0.3, 0.4) is 0 Å². The number of carbonyl (C=O) groups excluding carboxylic acids is 3. The summed E-state index contributed by atoms with van der Waals surface area (Å²) in [6.07, 6.45) is -0.825. The Bertz CT molecular complexity index is 528. The Morgan fingerprint density at radius 3 is 2.29 bits per heavy atom. The maximum atomic E-state index is 12.2. The van der Waals surface area contributed by atoms with Gasteiger partial charge in [-0.15, -0.1) is 0 Å². The first kappa shape index (κ1) is 19.9. The van der Waals surface area contributed by atoms with Crippen molar-refractivity contribution in [2.24, 2.45) is 0 Å². The molecule has 1 aliphatic heterocycles. The normalized spacial score (nSPS) is 18.4. The van der Waals surface area contributed by atoms with Gasteiger partial charge < -0.3 is 20.1 Å². The van der Waals surface area contributed by atoms with Gasteiger partial charge in [0.25, 0.3) is 0 Å². The molecule has 1 fully saturated rings. The lowest BCUT2D eigenvalue weighted by atomic mass is 10.1. The molecule has 24 heavy (non-hydrogen) atoms. The van der Waals surface area contributed by atoms with E-state index < -0.39 is 41.6 Å². The Balaban J connectivity index is 2.81. The zero-order chi connectivity index (χ0) is 18.7. The van der Waals surface area contributed by atoms with E-state index in [1.807, 2.05) is 0 Å². The molecule has 2 atom stereocenters. The number of carboxylic acids is 1. The number of carboxylic acid groups (broad SMARTS) is 1. The zero-order valence-electron chi connectivity index (χ0n) is 14.7. The van der Waals surface area contributed by atoms with Gasteiger partial charge in [0.05, 0.1) is 11.7 Å². The number of carbonyl (C=O) groups is 4. The van der Waals surface area contributed by atoms with Gasteiger partial charge in [0.2, 0.25) is 0 Å². The molecule has 0 aromatic carbocycles. The van der Waals surface area contributed by atoms with Gasteiger partial charge in [-0.1, -0.05) is 0 Å². The molecule has 0 bridgehead atoms. The average Bonchev–Trinajstić information content (AvgIpc) is 2.45. The summed E-state index contributed by atoms with van der Waals surface area (Å²) in [5, 5.41) is 11.6. The van der Waals surface area contributed by atoms with Crippen LogP contribution in [0.2, 0.25) is 0 Å². The molecule has 0 aromatic rings. The second kappa shape index (κ2) is 7.61. The zero-order valence-corrected chi connectivity index (χ0v) is 14.7. The molecule has 1 heterocycles. The largest absolute Gasteiger partial charge is 0.480 e. The molecule has 0 radical (unpaired) electrons. The number of piperazine rings is 1. The summed E-state index contributed by atoms with van der Waals surface area (Å²) in [6, 6.07) is -2.26. The third-order valence-corrected chi connectivity index (χ3v) is 3.49. The number of hydrogen-bond donors (Lipinski definition) is 2. The number of ether oxygens (including phenoxy) is 1. The summed E-state index contributed by atoms with van der Waals surface area (Å²) in [7, 11) is 0. The molecule has 1 saturated heterocycles. The average molecular weight is 343 g/mol. The third kappa shape index (κ3) is 4.92. The van der Waals surface area contributed by atoms with Crippen LogP contribution in [0.1, 0.15) is 34.6 Å². The second-order valence-corrected chi connectivity index (χ2v) is 6.54. The number of hydrogen-bond acceptors (Lipinski definition) is 5. The molecule has 1 rings (SSSR count). The summed E-state index contributed by atoms with van der Waals surface area (Å²) >= 11 is 0. The van der Waals surface area contributed by atoms with Crippen molar-refractivity contribution in [3.8, 4) is 0 Å². The van der Waals surface area contributed by atoms with E-state index in [2.05, 4.69) is 5.32 Å². The molecule has 0 saturated carbocycles. The SMILES string of the molecule is CCN1CCN(C(=O)N[C@@H](C(=O)O)[C@H](C)OC(C)(C)C)C(=O)C1=O. The van der Waals surface area contributed by atoms with E-state index in [0.29, 0.717) is 6.54 Å². The van der Waals surface area contributed by atoms with Crippen LogP contribution in [0.25, 0.3) is 0 Å². The van der Waals surface area contributed by atoms with Gasteiger partial charge in [0.15, 0.2) is 6.04 Å². The summed E-state index contributed by atoms with van der Waals surface area (Å²) in [5.74, 6) is -3.02. The van der Waals surface area contributed by atoms with Crippen molar-refractivity contribution in [3.63, 3.8) is 0 Å². The fourth-order valence-corrected chi connectivity index (χ4v) is 2.39. The topological polar surface area (TPSA) is 116 Å². The quantitative estimate of drug-likeness (QED) is 0.681. The molecular weight excluding hydrogens is 318 g/mol. The summed E-state index contributed by atoms with van der Waals surface area (Å²) < 4.78 is 5.56. The first-order chi connectivity index (χ1) is 11.0. The molecule has 9 heteroatoms. The van der Waals surface area contributed by atoms with Gasteiger partial charge in [0, 0.05) is 19.6 Å². The Kier molecular flexibility index (Phi) is 6.30. The van der Waals surface area contributed by atoms with Crippen molar-refractivity contribution in [3.05, 3.63) is 0 Å². The molecule has 9 nitrogen and oxygen atoms in total. The van der Waals surface area contributed by atoms with Crippen molar-refractivity contribution in [2.45, 2.75) is 52.4 Å². The lowest BCUT2D eigenvalue weighted by Crippen LogP contribution is -2.61. The second-order valence-electron chi connectivity index (χ2n) is 6.54. The van der Waals surface area contributed by atoms with Crippen LogP contribution < -0.4 is 5.32 Å². The van der Waals surface area contributed by atoms with E-state index in [4.69, 9.17) is 4.74 Å². The molecule has 136 valence electrons. The van der Waals surface area contributed by atoms with Gasteiger partial charge >= 0.3 is 23.8 Å². The van der Waals surface area contributed by atoms with Crippen LogP contribution in [0.5, 0.6) is 0 Å². The predicted molar refractivity (Wildman–Crippen MR) is 84.2 cm³/mol. The fourth-order valence-electron chi connectivity index (χ4n) is 2.39. The summed E-state index contributed by atoms with van der Waals surface area (Å²) in [6.45, 7) is 9.14. The number of nitrogens with one attached hydrogen (secondary N) is 1. The van der Waals surface area contributed by atoms with Gasteiger partial charge in [-0.25, -0.2) is 9.59 Å². The predicted octanol–water partition coefficient (Wildman–Crippen LogP) is 0.0435. The highest BCUT2D eigenvalue weighted by atomic mass is 16.5. The number of likely N-dealkylation sites (N-methyl/N-ethyl adjacent to an activating group) is 1. The Morgan fingerprint density at radius 1 is 1.25 bits per heavy atom. The van der Waals surface area contributed by atoms with E-state index in [0.717, 1.165) is 4.90 Å². The molecule has 0 aromatic heterocycles. The molecule has 4 amide bonds. The van der Waals surface area contributed by atoms with Gasteiger partial charge in [-0.2, -0.15) is 0 Å². The standard InChI is InChI=1S/C15H25N3O6/c1-6-17-7-8-18(12(20)11(17)19)14(23)16-10(13(21)22)9(2)24-15(3,4)5/h9-10H,6-8H2,1-5H3,(H,16,23)(H,21,22)/t9-,10+/m0/s1. The highest BCUT2D eigenvalue weighted by Crippen LogP contribution is 2.14. The van der Waals surface area contributed by atoms with Crippen molar-refractivity contribution in [1.82, 2.24) is 15.1 Å². The lowest BCUT2D eigenvalue weighted by molar-refractivity contribution is -0.154. The Labute approximate surface area is 140 Å². The van der Waals surface area contributed by atoms with Crippen LogP contribution in [-0.4, -0.2) is 76.1 Å². The third-order valence-electron chi connectivity index (χ3n) is 3.49. The number of rotatable bonds is 5. The van der Waals surface area contributed by atoms with Crippen LogP contribution in [0, 0.1) is 0 Å². The number of urea groups is 1. The number of aliphatic carboxylic acids is 1. The molecular formula is C15H25N3O6. The minimum Gasteiger partial charge on any atom is -0.480 e. The van der Waals surface area contributed by atoms with Crippen LogP contribution in [-0.2, 0) is 19.1 Å². The first-order valence-electron chi connectivity index (χ1n) is 7.79. The number of imide groups is 1. The van der Waals surface area contributed by atoms with E-state index in [1.54, 1.807) is 27.7 Å².